The maximum absolute atomic E-state index is 13.2. The van der Waals surface area contributed by atoms with Crippen molar-refractivity contribution in [3.8, 4) is 5.69 Å². The molecule has 2 N–H and O–H groups in total. The van der Waals surface area contributed by atoms with Crippen LogP contribution in [-0.4, -0.2) is 29.3 Å². The van der Waals surface area contributed by atoms with Gasteiger partial charge in [0.2, 0.25) is 0 Å². The van der Waals surface area contributed by atoms with Crippen molar-refractivity contribution in [3.05, 3.63) is 83.9 Å². The van der Waals surface area contributed by atoms with Crippen molar-refractivity contribution in [1.82, 2.24) is 20.4 Å². The largest absolute Gasteiger partial charge is 0.356 e. The SMILES string of the molecule is CN=C(NCCc1cccc(F)c1)NCc1cccc(-n2cccn2)c1. The molecule has 0 unspecified atom stereocenters. The zero-order valence-corrected chi connectivity index (χ0v) is 14.7. The van der Waals surface area contributed by atoms with Crippen LogP contribution in [0.5, 0.6) is 0 Å². The lowest BCUT2D eigenvalue weighted by Crippen LogP contribution is -2.37. The highest BCUT2D eigenvalue weighted by Crippen LogP contribution is 2.09. The van der Waals surface area contributed by atoms with Crippen molar-refractivity contribution in [2.24, 2.45) is 4.99 Å². The number of hydrogen-bond donors (Lipinski definition) is 2. The summed E-state index contributed by atoms with van der Waals surface area (Å²) in [7, 11) is 1.73. The maximum Gasteiger partial charge on any atom is 0.191 e. The van der Waals surface area contributed by atoms with E-state index in [0.717, 1.165) is 23.2 Å². The van der Waals surface area contributed by atoms with Gasteiger partial charge < -0.3 is 10.6 Å². The summed E-state index contributed by atoms with van der Waals surface area (Å²) in [5, 5.41) is 10.8. The molecule has 1 aromatic heterocycles. The van der Waals surface area contributed by atoms with Crippen molar-refractivity contribution >= 4 is 5.96 Å². The third-order valence-corrected chi connectivity index (χ3v) is 3.96. The molecule has 26 heavy (non-hydrogen) atoms. The predicted octanol–water partition coefficient (Wildman–Crippen LogP) is 2.92. The summed E-state index contributed by atoms with van der Waals surface area (Å²) >= 11 is 0. The molecule has 1 heterocycles. The van der Waals surface area contributed by atoms with Gasteiger partial charge in [-0.15, -0.1) is 0 Å². The summed E-state index contributed by atoms with van der Waals surface area (Å²) in [6.45, 7) is 1.32. The Morgan fingerprint density at radius 3 is 2.69 bits per heavy atom. The smallest absolute Gasteiger partial charge is 0.191 e. The van der Waals surface area contributed by atoms with E-state index in [9.17, 15) is 4.39 Å². The molecular weight excluding hydrogens is 329 g/mol. The quantitative estimate of drug-likeness (QED) is 0.530. The molecule has 6 heteroatoms. The van der Waals surface area contributed by atoms with Gasteiger partial charge in [-0.1, -0.05) is 24.3 Å². The first-order valence-electron chi connectivity index (χ1n) is 8.52. The standard InChI is InChI=1S/C20H22FN5/c1-22-20(23-11-9-16-5-2-7-18(21)13-16)24-15-17-6-3-8-19(14-17)26-12-4-10-25-26/h2-8,10,12-14H,9,11,15H2,1H3,(H2,22,23,24). The van der Waals surface area contributed by atoms with E-state index in [1.807, 2.05) is 35.1 Å². The molecule has 0 aliphatic rings. The van der Waals surface area contributed by atoms with Crippen molar-refractivity contribution in [2.45, 2.75) is 13.0 Å². The molecule has 3 rings (SSSR count). The first kappa shape index (κ1) is 17.7. The minimum atomic E-state index is -0.206. The van der Waals surface area contributed by atoms with E-state index >= 15 is 0 Å². The van der Waals surface area contributed by atoms with Crippen LogP contribution < -0.4 is 10.6 Å². The van der Waals surface area contributed by atoms with Crippen LogP contribution in [0.25, 0.3) is 5.69 Å². The van der Waals surface area contributed by atoms with Crippen LogP contribution in [0.4, 0.5) is 4.39 Å². The molecule has 0 aliphatic heterocycles. The Hall–Kier alpha value is -3.15. The Balaban J connectivity index is 1.50. The van der Waals surface area contributed by atoms with Crippen LogP contribution in [0.2, 0.25) is 0 Å². The summed E-state index contributed by atoms with van der Waals surface area (Å²) in [6, 6.07) is 16.7. The molecule has 3 aromatic rings. The number of benzene rings is 2. The van der Waals surface area contributed by atoms with E-state index in [-0.39, 0.29) is 5.82 Å². The van der Waals surface area contributed by atoms with Crippen LogP contribution in [0.15, 0.2) is 72.0 Å². The number of guanidine groups is 1. The van der Waals surface area contributed by atoms with Gasteiger partial charge in [-0.2, -0.15) is 5.10 Å². The van der Waals surface area contributed by atoms with Gasteiger partial charge in [0.1, 0.15) is 5.82 Å². The Morgan fingerprint density at radius 1 is 1.08 bits per heavy atom. The number of rotatable bonds is 6. The van der Waals surface area contributed by atoms with Crippen molar-refractivity contribution in [3.63, 3.8) is 0 Å². The van der Waals surface area contributed by atoms with Crippen molar-refractivity contribution in [1.29, 1.82) is 0 Å². The van der Waals surface area contributed by atoms with Crippen LogP contribution in [0.3, 0.4) is 0 Å². The Labute approximate surface area is 152 Å². The second-order valence-corrected chi connectivity index (χ2v) is 5.85. The van der Waals surface area contributed by atoms with Gasteiger partial charge in [-0.05, 0) is 47.9 Å². The minimum Gasteiger partial charge on any atom is -0.356 e. The number of aliphatic imine (C=N–C) groups is 1. The van der Waals surface area contributed by atoms with Gasteiger partial charge >= 0.3 is 0 Å². The van der Waals surface area contributed by atoms with E-state index in [1.165, 1.54) is 6.07 Å². The molecule has 0 bridgehead atoms. The minimum absolute atomic E-state index is 0.206. The van der Waals surface area contributed by atoms with Crippen LogP contribution >= 0.6 is 0 Å². The third kappa shape index (κ3) is 4.92. The van der Waals surface area contributed by atoms with E-state index in [0.29, 0.717) is 19.0 Å². The number of nitrogens with one attached hydrogen (secondary N) is 2. The first-order valence-corrected chi connectivity index (χ1v) is 8.52. The zero-order chi connectivity index (χ0) is 18.2. The van der Waals surface area contributed by atoms with Crippen LogP contribution in [-0.2, 0) is 13.0 Å². The van der Waals surface area contributed by atoms with Gasteiger partial charge in [0.05, 0.1) is 5.69 Å². The average molecular weight is 351 g/mol. The molecule has 0 fully saturated rings. The molecule has 0 aliphatic carbocycles. The van der Waals surface area contributed by atoms with E-state index < -0.39 is 0 Å². The Kier molecular flexibility index (Phi) is 5.98. The van der Waals surface area contributed by atoms with Crippen LogP contribution in [0.1, 0.15) is 11.1 Å². The molecule has 0 amide bonds. The molecule has 134 valence electrons. The Morgan fingerprint density at radius 2 is 1.92 bits per heavy atom. The van der Waals surface area contributed by atoms with Crippen molar-refractivity contribution < 1.29 is 4.39 Å². The first-order chi connectivity index (χ1) is 12.7. The molecule has 0 radical (unpaired) electrons. The number of halogens is 1. The average Bonchev–Trinajstić information content (AvgIpc) is 3.20. The molecule has 0 saturated heterocycles. The summed E-state index contributed by atoms with van der Waals surface area (Å²) in [4.78, 5) is 4.23. The lowest BCUT2D eigenvalue weighted by atomic mass is 10.1. The normalized spacial score (nSPS) is 11.4. The number of aromatic nitrogens is 2. The fraction of sp³-hybridized carbons (Fsp3) is 0.200. The molecule has 5 nitrogen and oxygen atoms in total. The highest BCUT2D eigenvalue weighted by Gasteiger charge is 2.02. The number of hydrogen-bond acceptors (Lipinski definition) is 2. The lowest BCUT2D eigenvalue weighted by Gasteiger charge is -2.12. The predicted molar refractivity (Wildman–Crippen MR) is 102 cm³/mol. The summed E-state index contributed by atoms with van der Waals surface area (Å²) < 4.78 is 15.0. The fourth-order valence-electron chi connectivity index (χ4n) is 2.65. The molecule has 0 saturated carbocycles. The topological polar surface area (TPSA) is 54.2 Å². The van der Waals surface area contributed by atoms with Gasteiger partial charge in [0.15, 0.2) is 5.96 Å². The Bertz CT molecular complexity index is 858. The maximum atomic E-state index is 13.2. The molecule has 0 atom stereocenters. The molecule has 0 spiro atoms. The monoisotopic (exact) mass is 351 g/mol. The number of nitrogens with zero attached hydrogens (tertiary/aromatic N) is 3. The highest BCUT2D eigenvalue weighted by molar-refractivity contribution is 5.79. The summed E-state index contributed by atoms with van der Waals surface area (Å²) in [5.74, 6) is 0.507. The fourth-order valence-corrected chi connectivity index (χ4v) is 2.65. The van der Waals surface area contributed by atoms with Gasteiger partial charge in [0.25, 0.3) is 0 Å². The van der Waals surface area contributed by atoms with E-state index in [4.69, 9.17) is 0 Å². The molecular formula is C20H22FN5. The third-order valence-electron chi connectivity index (χ3n) is 3.96. The second-order valence-electron chi connectivity index (χ2n) is 5.85. The zero-order valence-electron chi connectivity index (χ0n) is 14.7. The van der Waals surface area contributed by atoms with E-state index in [2.05, 4.69) is 32.9 Å². The summed E-state index contributed by atoms with van der Waals surface area (Å²) in [5.41, 5.74) is 3.11. The van der Waals surface area contributed by atoms with Gasteiger partial charge in [-0.3, -0.25) is 4.99 Å². The van der Waals surface area contributed by atoms with Crippen molar-refractivity contribution in [2.75, 3.05) is 13.6 Å². The lowest BCUT2D eigenvalue weighted by molar-refractivity contribution is 0.625. The van der Waals surface area contributed by atoms with E-state index in [1.54, 1.807) is 25.4 Å². The van der Waals surface area contributed by atoms with Crippen LogP contribution in [0, 0.1) is 5.82 Å². The summed E-state index contributed by atoms with van der Waals surface area (Å²) in [6.07, 6.45) is 4.40. The van der Waals surface area contributed by atoms with Gasteiger partial charge in [0, 0.05) is 32.5 Å². The molecule has 2 aromatic carbocycles. The second kappa shape index (κ2) is 8.80. The highest BCUT2D eigenvalue weighted by atomic mass is 19.1. The van der Waals surface area contributed by atoms with Gasteiger partial charge in [-0.25, -0.2) is 9.07 Å².